The van der Waals surface area contributed by atoms with Gasteiger partial charge < -0.3 is 10.4 Å². The molecule has 2 rings (SSSR count). The summed E-state index contributed by atoms with van der Waals surface area (Å²) in [6.07, 6.45) is 3.68. The number of nitrogens with one attached hydrogen (secondary N) is 1. The van der Waals surface area contributed by atoms with Crippen LogP contribution in [0.3, 0.4) is 0 Å². The molecular weight excluding hydrogens is 262 g/mol. The van der Waals surface area contributed by atoms with Gasteiger partial charge in [-0.1, -0.05) is 50.1 Å². The Hall–Kier alpha value is -1.35. The van der Waals surface area contributed by atoms with E-state index in [-0.39, 0.29) is 23.3 Å². The monoisotopic (exact) mass is 289 g/mol. The molecule has 1 fully saturated rings. The Bertz CT molecular complexity index is 504. The molecule has 1 aromatic rings. The van der Waals surface area contributed by atoms with Crippen molar-refractivity contribution in [3.8, 4) is 0 Å². The third kappa shape index (κ3) is 3.46. The van der Waals surface area contributed by atoms with Crippen LogP contribution < -0.4 is 5.32 Å². The van der Waals surface area contributed by atoms with E-state index >= 15 is 0 Å². The number of amides is 1. The van der Waals surface area contributed by atoms with Crippen LogP contribution in [0.15, 0.2) is 24.3 Å². The van der Waals surface area contributed by atoms with Gasteiger partial charge in [0.15, 0.2) is 0 Å². The average Bonchev–Trinajstić information content (AvgIpc) is 2.35. The Morgan fingerprint density at radius 3 is 2.62 bits per heavy atom. The van der Waals surface area contributed by atoms with E-state index in [9.17, 15) is 4.79 Å². The smallest absolute Gasteiger partial charge is 0.230 e. The van der Waals surface area contributed by atoms with Gasteiger partial charge in [-0.05, 0) is 37.2 Å². The van der Waals surface area contributed by atoms with E-state index in [0.29, 0.717) is 13.0 Å². The molecule has 0 radical (unpaired) electrons. The number of aliphatic hydroxyl groups excluding tert-OH is 1. The summed E-state index contributed by atoms with van der Waals surface area (Å²) in [5.74, 6) is 0.144. The van der Waals surface area contributed by atoms with E-state index in [4.69, 9.17) is 5.11 Å². The lowest BCUT2D eigenvalue weighted by Crippen LogP contribution is -2.51. The molecule has 1 aliphatic carbocycles. The minimum absolute atomic E-state index is 0.0675. The highest BCUT2D eigenvalue weighted by Gasteiger charge is 2.45. The molecule has 1 aliphatic rings. The first-order valence-corrected chi connectivity index (χ1v) is 7.86. The quantitative estimate of drug-likeness (QED) is 0.846. The van der Waals surface area contributed by atoms with Crippen LogP contribution >= 0.6 is 0 Å². The molecule has 1 saturated carbocycles. The van der Waals surface area contributed by atoms with Gasteiger partial charge in [0, 0.05) is 13.2 Å². The summed E-state index contributed by atoms with van der Waals surface area (Å²) in [5.41, 5.74) is 1.95. The van der Waals surface area contributed by atoms with E-state index in [1.165, 1.54) is 5.56 Å². The van der Waals surface area contributed by atoms with Crippen LogP contribution in [0.4, 0.5) is 0 Å². The van der Waals surface area contributed by atoms with E-state index in [1.54, 1.807) is 0 Å². The molecule has 0 aromatic heterocycles. The molecule has 1 aromatic carbocycles. The zero-order valence-electron chi connectivity index (χ0n) is 13.4. The van der Waals surface area contributed by atoms with Gasteiger partial charge in [0.25, 0.3) is 0 Å². The van der Waals surface area contributed by atoms with Crippen LogP contribution in [0, 0.1) is 12.3 Å². The molecule has 0 spiro atoms. The fraction of sp³-hybridized carbons (Fsp3) is 0.611. The van der Waals surface area contributed by atoms with Gasteiger partial charge in [-0.15, -0.1) is 0 Å². The number of aliphatic hydroxyl groups is 1. The summed E-state index contributed by atoms with van der Waals surface area (Å²) in [4.78, 5) is 12.7. The van der Waals surface area contributed by atoms with Gasteiger partial charge in [-0.25, -0.2) is 0 Å². The Kier molecular flexibility index (Phi) is 4.72. The van der Waals surface area contributed by atoms with Crippen molar-refractivity contribution in [1.29, 1.82) is 0 Å². The summed E-state index contributed by atoms with van der Waals surface area (Å²) in [6, 6.07) is 8.31. The maximum absolute atomic E-state index is 12.7. The normalized spacial score (nSPS) is 17.1. The molecule has 1 amide bonds. The van der Waals surface area contributed by atoms with E-state index in [2.05, 4.69) is 44.3 Å². The molecule has 2 N–H and O–H groups in total. The van der Waals surface area contributed by atoms with Crippen molar-refractivity contribution in [2.75, 3.05) is 13.2 Å². The van der Waals surface area contributed by atoms with Crippen LogP contribution in [-0.2, 0) is 10.2 Å². The van der Waals surface area contributed by atoms with E-state index in [0.717, 1.165) is 24.8 Å². The van der Waals surface area contributed by atoms with Crippen LogP contribution in [0.2, 0.25) is 0 Å². The van der Waals surface area contributed by atoms with Crippen LogP contribution in [-0.4, -0.2) is 24.2 Å². The number of carbonyl (C=O) groups excluding carboxylic acids is 1. The van der Waals surface area contributed by atoms with Crippen LogP contribution in [0.25, 0.3) is 0 Å². The van der Waals surface area contributed by atoms with Crippen molar-refractivity contribution in [3.63, 3.8) is 0 Å². The second kappa shape index (κ2) is 6.18. The minimum Gasteiger partial charge on any atom is -0.396 e. The van der Waals surface area contributed by atoms with Gasteiger partial charge in [0.05, 0.1) is 5.41 Å². The predicted molar refractivity (Wildman–Crippen MR) is 85.2 cm³/mol. The van der Waals surface area contributed by atoms with E-state index in [1.807, 2.05) is 6.07 Å². The Morgan fingerprint density at radius 1 is 1.38 bits per heavy atom. The lowest BCUT2D eigenvalue weighted by molar-refractivity contribution is -0.130. The molecule has 3 nitrogen and oxygen atoms in total. The summed E-state index contributed by atoms with van der Waals surface area (Å²) in [6.45, 7) is 6.98. The lowest BCUT2D eigenvalue weighted by atomic mass is 9.63. The molecule has 0 aliphatic heterocycles. The minimum atomic E-state index is -0.332. The number of hydrogen-bond donors (Lipinski definition) is 2. The maximum atomic E-state index is 12.7. The highest BCUT2D eigenvalue weighted by molar-refractivity contribution is 5.89. The van der Waals surface area contributed by atoms with E-state index < -0.39 is 0 Å². The first kappa shape index (κ1) is 16.0. The van der Waals surface area contributed by atoms with Crippen molar-refractivity contribution in [3.05, 3.63) is 35.4 Å². The summed E-state index contributed by atoms with van der Waals surface area (Å²) >= 11 is 0. The molecule has 0 unspecified atom stereocenters. The molecule has 116 valence electrons. The molecule has 0 bridgehead atoms. The number of carbonyl (C=O) groups is 1. The summed E-state index contributed by atoms with van der Waals surface area (Å²) in [7, 11) is 0. The number of hydrogen-bond acceptors (Lipinski definition) is 2. The highest BCUT2D eigenvalue weighted by atomic mass is 16.3. The Labute approximate surface area is 127 Å². The third-order valence-electron chi connectivity index (χ3n) is 4.73. The van der Waals surface area contributed by atoms with Gasteiger partial charge in [-0.3, -0.25) is 4.79 Å². The van der Waals surface area contributed by atoms with Crippen molar-refractivity contribution < 1.29 is 9.90 Å². The van der Waals surface area contributed by atoms with Gasteiger partial charge in [0.1, 0.15) is 0 Å². The summed E-state index contributed by atoms with van der Waals surface area (Å²) < 4.78 is 0. The first-order valence-electron chi connectivity index (χ1n) is 7.86. The number of aryl methyl sites for hydroxylation is 1. The standard InChI is InChI=1S/C18H27NO2/c1-14-6-4-7-15(12-14)18(8-5-9-18)16(21)19-13-17(2,3)10-11-20/h4,6-7,12,20H,5,8-11,13H2,1-3H3,(H,19,21). The van der Waals surface area contributed by atoms with Crippen molar-refractivity contribution in [2.45, 2.75) is 51.9 Å². The van der Waals surface area contributed by atoms with Crippen molar-refractivity contribution >= 4 is 5.91 Å². The SMILES string of the molecule is Cc1cccc(C2(C(=O)NCC(C)(C)CCO)CCC2)c1. The van der Waals surface area contributed by atoms with Crippen LogP contribution in [0.5, 0.6) is 0 Å². The molecule has 21 heavy (non-hydrogen) atoms. The second-order valence-electron chi connectivity index (χ2n) is 7.13. The highest BCUT2D eigenvalue weighted by Crippen LogP contribution is 2.44. The molecule has 0 saturated heterocycles. The number of rotatable bonds is 6. The molecule has 0 heterocycles. The number of benzene rings is 1. The van der Waals surface area contributed by atoms with Crippen LogP contribution in [0.1, 0.15) is 50.7 Å². The van der Waals surface area contributed by atoms with Gasteiger partial charge in [-0.2, -0.15) is 0 Å². The first-order chi connectivity index (χ1) is 9.89. The van der Waals surface area contributed by atoms with Crippen molar-refractivity contribution in [2.24, 2.45) is 5.41 Å². The fourth-order valence-corrected chi connectivity index (χ4v) is 3.00. The zero-order valence-corrected chi connectivity index (χ0v) is 13.4. The predicted octanol–water partition coefficient (Wildman–Crippen LogP) is 2.94. The molecule has 0 atom stereocenters. The van der Waals surface area contributed by atoms with Crippen molar-refractivity contribution in [1.82, 2.24) is 5.32 Å². The summed E-state index contributed by atoms with van der Waals surface area (Å²) in [5, 5.41) is 12.2. The molecule has 3 heteroatoms. The zero-order chi connectivity index (χ0) is 15.5. The van der Waals surface area contributed by atoms with Gasteiger partial charge >= 0.3 is 0 Å². The second-order valence-corrected chi connectivity index (χ2v) is 7.13. The van der Waals surface area contributed by atoms with Gasteiger partial charge in [0.2, 0.25) is 5.91 Å². The Morgan fingerprint density at radius 2 is 2.10 bits per heavy atom. The average molecular weight is 289 g/mol. The maximum Gasteiger partial charge on any atom is 0.230 e. The topological polar surface area (TPSA) is 49.3 Å². The Balaban J connectivity index is 2.09. The lowest BCUT2D eigenvalue weighted by Gasteiger charge is -2.41. The largest absolute Gasteiger partial charge is 0.396 e. The fourth-order valence-electron chi connectivity index (χ4n) is 3.00. The molecular formula is C18H27NO2. The third-order valence-corrected chi connectivity index (χ3v) is 4.73.